The number of amides is 1. The maximum atomic E-state index is 13.1. The maximum absolute atomic E-state index is 13.1. The van der Waals surface area contributed by atoms with E-state index in [0.717, 1.165) is 36.3 Å². The van der Waals surface area contributed by atoms with Crippen molar-refractivity contribution in [2.24, 2.45) is 0 Å². The van der Waals surface area contributed by atoms with Crippen molar-refractivity contribution < 1.29 is 9.21 Å². The van der Waals surface area contributed by atoms with Crippen LogP contribution in [0.15, 0.2) is 34.7 Å². The minimum absolute atomic E-state index is 0.0269. The van der Waals surface area contributed by atoms with Crippen LogP contribution in [0.2, 0.25) is 0 Å². The fraction of sp³-hybridized carbons (Fsp3) is 0.400. The van der Waals surface area contributed by atoms with Crippen molar-refractivity contribution in [3.63, 3.8) is 0 Å². The summed E-state index contributed by atoms with van der Waals surface area (Å²) in [6.07, 6.45) is 2.85. The molecule has 1 saturated heterocycles. The zero-order valence-corrected chi connectivity index (χ0v) is 15.8. The molecule has 1 aliphatic heterocycles. The lowest BCUT2D eigenvalue weighted by atomic mass is 10.0. The SMILES string of the molecule is Cc1cccc(-n2nnc(C3CCCCN3C(=O)c3cc(C)oc3C)n2)c1. The van der Waals surface area contributed by atoms with Gasteiger partial charge in [-0.25, -0.2) is 0 Å². The van der Waals surface area contributed by atoms with Crippen LogP contribution < -0.4 is 0 Å². The molecule has 3 heterocycles. The topological polar surface area (TPSA) is 77.0 Å². The molecule has 0 bridgehead atoms. The van der Waals surface area contributed by atoms with E-state index in [0.29, 0.717) is 23.7 Å². The fourth-order valence-corrected chi connectivity index (χ4v) is 3.66. The molecular weight excluding hydrogens is 342 g/mol. The van der Waals surface area contributed by atoms with Crippen molar-refractivity contribution in [2.45, 2.75) is 46.1 Å². The van der Waals surface area contributed by atoms with E-state index >= 15 is 0 Å². The molecule has 1 aliphatic rings. The van der Waals surface area contributed by atoms with Crippen LogP contribution in [0.4, 0.5) is 0 Å². The van der Waals surface area contributed by atoms with Crippen molar-refractivity contribution in [3.05, 3.63) is 58.8 Å². The summed E-state index contributed by atoms with van der Waals surface area (Å²) in [6, 6.07) is 9.58. The second-order valence-electron chi connectivity index (χ2n) is 7.11. The van der Waals surface area contributed by atoms with Crippen molar-refractivity contribution >= 4 is 5.91 Å². The number of aryl methyl sites for hydroxylation is 3. The third-order valence-electron chi connectivity index (χ3n) is 4.99. The molecule has 2 aromatic heterocycles. The zero-order chi connectivity index (χ0) is 19.0. The zero-order valence-electron chi connectivity index (χ0n) is 15.8. The summed E-state index contributed by atoms with van der Waals surface area (Å²) in [7, 11) is 0. The maximum Gasteiger partial charge on any atom is 0.258 e. The minimum atomic E-state index is -0.167. The van der Waals surface area contributed by atoms with E-state index in [2.05, 4.69) is 15.4 Å². The highest BCUT2D eigenvalue weighted by atomic mass is 16.3. The van der Waals surface area contributed by atoms with Crippen LogP contribution in [0.25, 0.3) is 5.69 Å². The van der Waals surface area contributed by atoms with Crippen LogP contribution in [0, 0.1) is 20.8 Å². The Hall–Kier alpha value is -2.96. The second kappa shape index (κ2) is 6.98. The highest BCUT2D eigenvalue weighted by molar-refractivity contribution is 5.95. The first kappa shape index (κ1) is 17.5. The summed E-state index contributed by atoms with van der Waals surface area (Å²) in [4.78, 5) is 16.5. The molecule has 0 radical (unpaired) electrons. The number of rotatable bonds is 3. The normalized spacial score (nSPS) is 17.3. The number of hydrogen-bond donors (Lipinski definition) is 0. The predicted octanol–water partition coefficient (Wildman–Crippen LogP) is 3.55. The molecule has 1 aromatic carbocycles. The molecule has 1 atom stereocenters. The van der Waals surface area contributed by atoms with E-state index in [1.165, 1.54) is 4.80 Å². The van der Waals surface area contributed by atoms with Gasteiger partial charge in [-0.05, 0) is 69.0 Å². The Morgan fingerprint density at radius 1 is 1.19 bits per heavy atom. The van der Waals surface area contributed by atoms with Crippen molar-refractivity contribution in [2.75, 3.05) is 6.54 Å². The van der Waals surface area contributed by atoms with Crippen LogP contribution in [0.3, 0.4) is 0 Å². The Kier molecular flexibility index (Phi) is 4.51. The van der Waals surface area contributed by atoms with Gasteiger partial charge < -0.3 is 9.32 Å². The van der Waals surface area contributed by atoms with Crippen LogP contribution in [0.1, 0.15) is 58.6 Å². The van der Waals surface area contributed by atoms with Gasteiger partial charge >= 0.3 is 0 Å². The number of hydrogen-bond acceptors (Lipinski definition) is 5. The Morgan fingerprint density at radius 2 is 2.04 bits per heavy atom. The van der Waals surface area contributed by atoms with Gasteiger partial charge in [0.15, 0.2) is 5.82 Å². The molecule has 4 rings (SSSR count). The Labute approximate surface area is 158 Å². The van der Waals surface area contributed by atoms with E-state index in [-0.39, 0.29) is 11.9 Å². The number of nitrogens with zero attached hydrogens (tertiary/aromatic N) is 5. The van der Waals surface area contributed by atoms with E-state index in [1.54, 1.807) is 6.07 Å². The Bertz CT molecular complexity index is 974. The van der Waals surface area contributed by atoms with Gasteiger partial charge in [0.2, 0.25) is 0 Å². The molecule has 3 aromatic rings. The number of tetrazole rings is 1. The molecule has 0 spiro atoms. The van der Waals surface area contributed by atoms with Gasteiger partial charge in [0.05, 0.1) is 17.3 Å². The van der Waals surface area contributed by atoms with Gasteiger partial charge in [0.1, 0.15) is 11.5 Å². The third-order valence-corrected chi connectivity index (χ3v) is 4.99. The molecule has 1 amide bonds. The van der Waals surface area contributed by atoms with Gasteiger partial charge in [-0.15, -0.1) is 15.0 Å². The number of carbonyl (C=O) groups is 1. The summed E-state index contributed by atoms with van der Waals surface area (Å²) in [5.74, 6) is 1.95. The largest absolute Gasteiger partial charge is 0.466 e. The molecule has 1 unspecified atom stereocenters. The Balaban J connectivity index is 1.63. The van der Waals surface area contributed by atoms with Crippen LogP contribution >= 0.6 is 0 Å². The van der Waals surface area contributed by atoms with Gasteiger partial charge in [-0.2, -0.15) is 0 Å². The molecular formula is C20H23N5O2. The second-order valence-corrected chi connectivity index (χ2v) is 7.11. The third kappa shape index (κ3) is 3.37. The quantitative estimate of drug-likeness (QED) is 0.709. The minimum Gasteiger partial charge on any atom is -0.466 e. The lowest BCUT2D eigenvalue weighted by Gasteiger charge is -2.33. The van der Waals surface area contributed by atoms with Gasteiger partial charge in [-0.3, -0.25) is 4.79 Å². The number of furan rings is 1. The highest BCUT2D eigenvalue weighted by Gasteiger charge is 2.33. The molecule has 7 nitrogen and oxygen atoms in total. The average molecular weight is 365 g/mol. The molecule has 0 N–H and O–H groups in total. The van der Waals surface area contributed by atoms with Crippen LogP contribution in [0.5, 0.6) is 0 Å². The molecule has 7 heteroatoms. The number of piperidine rings is 1. The fourth-order valence-electron chi connectivity index (χ4n) is 3.66. The van der Waals surface area contributed by atoms with Crippen molar-refractivity contribution in [3.8, 4) is 5.69 Å². The Morgan fingerprint density at radius 3 is 2.78 bits per heavy atom. The monoisotopic (exact) mass is 365 g/mol. The summed E-state index contributed by atoms with van der Waals surface area (Å²) >= 11 is 0. The van der Waals surface area contributed by atoms with Crippen LogP contribution in [-0.4, -0.2) is 37.6 Å². The summed E-state index contributed by atoms with van der Waals surface area (Å²) in [5.41, 5.74) is 2.61. The first-order valence-corrected chi connectivity index (χ1v) is 9.28. The molecule has 27 heavy (non-hydrogen) atoms. The number of aromatic nitrogens is 4. The number of benzene rings is 1. The van der Waals surface area contributed by atoms with Gasteiger partial charge in [0.25, 0.3) is 5.91 Å². The summed E-state index contributed by atoms with van der Waals surface area (Å²) < 4.78 is 5.55. The predicted molar refractivity (Wildman–Crippen MR) is 99.7 cm³/mol. The van der Waals surface area contributed by atoms with Crippen molar-refractivity contribution in [1.82, 2.24) is 25.1 Å². The average Bonchev–Trinajstić information content (AvgIpc) is 3.28. The first-order valence-electron chi connectivity index (χ1n) is 9.28. The lowest BCUT2D eigenvalue weighted by Crippen LogP contribution is -2.39. The van der Waals surface area contributed by atoms with E-state index < -0.39 is 0 Å². The van der Waals surface area contributed by atoms with Gasteiger partial charge in [0, 0.05) is 6.54 Å². The van der Waals surface area contributed by atoms with Crippen molar-refractivity contribution in [1.29, 1.82) is 0 Å². The van der Waals surface area contributed by atoms with E-state index in [1.807, 2.05) is 49.9 Å². The number of likely N-dealkylation sites (tertiary alicyclic amines) is 1. The van der Waals surface area contributed by atoms with E-state index in [4.69, 9.17) is 4.42 Å². The first-order chi connectivity index (χ1) is 13.0. The molecule has 0 aliphatic carbocycles. The summed E-state index contributed by atoms with van der Waals surface area (Å²) in [5, 5.41) is 13.1. The van der Waals surface area contributed by atoms with Gasteiger partial charge in [-0.1, -0.05) is 12.1 Å². The van der Waals surface area contributed by atoms with Crippen LogP contribution in [-0.2, 0) is 0 Å². The molecule has 140 valence electrons. The smallest absolute Gasteiger partial charge is 0.258 e. The highest BCUT2D eigenvalue weighted by Crippen LogP contribution is 2.31. The molecule has 1 fully saturated rings. The lowest BCUT2D eigenvalue weighted by molar-refractivity contribution is 0.0598. The number of carbonyl (C=O) groups excluding carboxylic acids is 1. The van der Waals surface area contributed by atoms with E-state index in [9.17, 15) is 4.79 Å². The standard InChI is InChI=1S/C20H23N5O2/c1-13-7-6-8-16(11-13)25-22-19(21-23-25)18-9-4-5-10-24(18)20(26)17-12-14(2)27-15(17)3/h6-8,11-12,18H,4-5,9-10H2,1-3H3. The summed E-state index contributed by atoms with van der Waals surface area (Å²) in [6.45, 7) is 6.39. The molecule has 0 saturated carbocycles.